The van der Waals surface area contributed by atoms with E-state index in [1.165, 1.54) is 193 Å². The highest BCUT2D eigenvalue weighted by Gasteiger charge is 2.30. The molecule has 0 bridgehead atoms. The first-order valence-electron chi connectivity index (χ1n) is 39.5. The van der Waals surface area contributed by atoms with Crippen LogP contribution in [0.4, 0.5) is 0 Å². The lowest BCUT2D eigenvalue weighted by molar-refractivity contribution is -0.161. The van der Waals surface area contributed by atoms with E-state index in [1.807, 2.05) is 0 Å². The van der Waals surface area contributed by atoms with Crippen molar-refractivity contribution in [1.29, 1.82) is 0 Å². The van der Waals surface area contributed by atoms with Crippen molar-refractivity contribution in [1.82, 2.24) is 0 Å². The van der Waals surface area contributed by atoms with Crippen LogP contribution in [-0.4, -0.2) is 96.7 Å². The summed E-state index contributed by atoms with van der Waals surface area (Å²) in [5, 5.41) is 10.6. The zero-order valence-corrected chi connectivity index (χ0v) is 63.8. The Balaban J connectivity index is 5.31. The van der Waals surface area contributed by atoms with Crippen molar-refractivity contribution in [3.8, 4) is 0 Å². The minimum Gasteiger partial charge on any atom is -0.462 e. The van der Waals surface area contributed by atoms with Gasteiger partial charge in [-0.2, -0.15) is 0 Å². The van der Waals surface area contributed by atoms with Crippen LogP contribution < -0.4 is 0 Å². The Morgan fingerprint density at radius 1 is 0.333 bits per heavy atom. The number of aliphatic hydroxyl groups excluding tert-OH is 1. The molecule has 96 heavy (non-hydrogen) atoms. The van der Waals surface area contributed by atoms with Gasteiger partial charge in [-0.3, -0.25) is 37.3 Å². The molecule has 0 rings (SSSR count). The van der Waals surface area contributed by atoms with Gasteiger partial charge in [0, 0.05) is 25.7 Å². The van der Waals surface area contributed by atoms with Crippen LogP contribution in [0, 0.1) is 5.92 Å². The summed E-state index contributed by atoms with van der Waals surface area (Å²) in [6.45, 7) is 7.27. The van der Waals surface area contributed by atoms with Gasteiger partial charge in [-0.05, 0) is 57.3 Å². The molecule has 3 N–H and O–H groups in total. The summed E-state index contributed by atoms with van der Waals surface area (Å²) in [6.07, 6.45) is 61.6. The molecule has 0 aliphatic carbocycles. The molecule has 0 amide bonds. The van der Waals surface area contributed by atoms with Crippen molar-refractivity contribution in [2.75, 3.05) is 39.6 Å². The fourth-order valence-electron chi connectivity index (χ4n) is 11.3. The van der Waals surface area contributed by atoms with E-state index in [4.69, 9.17) is 37.0 Å². The van der Waals surface area contributed by atoms with Gasteiger partial charge in [-0.1, -0.05) is 329 Å². The number of ether oxygens (including phenoxy) is 4. The van der Waals surface area contributed by atoms with E-state index in [1.54, 1.807) is 0 Å². The third-order valence-corrected chi connectivity index (χ3v) is 19.7. The summed E-state index contributed by atoms with van der Waals surface area (Å²) in [4.78, 5) is 72.9. The fraction of sp³-hybridized carbons (Fsp3) is 0.896. The number of esters is 4. The van der Waals surface area contributed by atoms with Crippen LogP contribution in [-0.2, 0) is 65.4 Å². The Labute approximate surface area is 586 Å². The molecule has 0 aromatic heterocycles. The Hall–Kier alpha value is -2.46. The number of hydrogen-bond acceptors (Lipinski definition) is 15. The number of hydrogen-bond donors (Lipinski definition) is 3. The van der Waals surface area contributed by atoms with Crippen molar-refractivity contribution >= 4 is 39.5 Å². The van der Waals surface area contributed by atoms with Crippen molar-refractivity contribution < 1.29 is 80.2 Å². The van der Waals surface area contributed by atoms with Gasteiger partial charge in [-0.15, -0.1) is 0 Å². The van der Waals surface area contributed by atoms with Crippen LogP contribution in [0.1, 0.15) is 381 Å². The second kappa shape index (κ2) is 69.6. The molecule has 3 unspecified atom stereocenters. The van der Waals surface area contributed by atoms with E-state index in [0.29, 0.717) is 25.7 Å². The predicted octanol–water partition coefficient (Wildman–Crippen LogP) is 22.4. The Bertz CT molecular complexity index is 1940. The van der Waals surface area contributed by atoms with Crippen LogP contribution in [0.25, 0.3) is 0 Å². The summed E-state index contributed by atoms with van der Waals surface area (Å²) in [7, 11) is -9.93. The number of rotatable bonds is 75. The molecule has 0 aliphatic rings. The highest BCUT2D eigenvalue weighted by molar-refractivity contribution is 7.47. The van der Waals surface area contributed by atoms with Crippen LogP contribution in [0.3, 0.4) is 0 Å². The molecular weight excluding hydrogens is 1260 g/mol. The summed E-state index contributed by atoms with van der Waals surface area (Å²) >= 11 is 0. The van der Waals surface area contributed by atoms with Gasteiger partial charge in [-0.25, -0.2) is 9.13 Å². The van der Waals surface area contributed by atoms with Gasteiger partial charge in [0.05, 0.1) is 26.4 Å². The lowest BCUT2D eigenvalue weighted by Gasteiger charge is -2.21. The van der Waals surface area contributed by atoms with Gasteiger partial charge >= 0.3 is 39.5 Å². The van der Waals surface area contributed by atoms with Gasteiger partial charge in [0.25, 0.3) is 0 Å². The molecular formula is C77H146O17P2. The monoisotopic (exact) mass is 1410 g/mol. The lowest BCUT2D eigenvalue weighted by atomic mass is 9.99. The second-order valence-electron chi connectivity index (χ2n) is 27.3. The first kappa shape index (κ1) is 93.5. The average Bonchev–Trinajstić information content (AvgIpc) is 1.25. The number of carbonyl (C=O) groups excluding carboxylic acids is 4. The number of unbranched alkanes of at least 4 members (excludes halogenated alkanes) is 43. The van der Waals surface area contributed by atoms with E-state index in [-0.39, 0.29) is 25.7 Å². The van der Waals surface area contributed by atoms with Crippen LogP contribution in [0.5, 0.6) is 0 Å². The molecule has 0 saturated heterocycles. The summed E-state index contributed by atoms with van der Waals surface area (Å²) in [5.74, 6) is -1.33. The Kier molecular flexibility index (Phi) is 67.8. The van der Waals surface area contributed by atoms with Gasteiger partial charge < -0.3 is 33.8 Å². The second-order valence-corrected chi connectivity index (χ2v) is 30.2. The topological polar surface area (TPSA) is 237 Å². The van der Waals surface area contributed by atoms with Crippen molar-refractivity contribution in [2.24, 2.45) is 5.92 Å². The number of phosphoric acid groups is 2. The quantitative estimate of drug-likeness (QED) is 0.0169. The molecule has 0 aromatic rings. The van der Waals surface area contributed by atoms with Gasteiger partial charge in [0.2, 0.25) is 0 Å². The first-order valence-corrected chi connectivity index (χ1v) is 42.5. The van der Waals surface area contributed by atoms with E-state index < -0.39 is 97.5 Å². The highest BCUT2D eigenvalue weighted by Crippen LogP contribution is 2.45. The van der Waals surface area contributed by atoms with E-state index >= 15 is 0 Å². The van der Waals surface area contributed by atoms with Crippen LogP contribution >= 0.6 is 15.6 Å². The van der Waals surface area contributed by atoms with Gasteiger partial charge in [0.1, 0.15) is 19.3 Å². The predicted molar refractivity (Wildman–Crippen MR) is 391 cm³/mol. The molecule has 0 heterocycles. The standard InChI is InChI=1S/C77H146O17P2/c1-6-10-13-16-19-22-25-28-30-33-36-43-48-53-58-63-77(82)94-73(67-88-75(80)61-56-51-46-41-38-37-39-44-49-54-59-70(5)9-4)69-92-96(85,86)90-65-71(78)64-89-95(83,84)91-68-72(66-87-74(79)60-55-50-45-40-34-31-27-24-21-18-15-12-8-3)93-76(81)62-57-52-47-42-35-32-29-26-23-20-17-14-11-7-2/h22,25,28,30,70-73,78H,6-21,23-24,26-27,29,31-69H2,1-5H3,(H,83,84)(H,85,86)/b25-22-,30-28-/t70?,71-,72+,73+/m0/s1. The third-order valence-electron chi connectivity index (χ3n) is 17.8. The zero-order valence-electron chi connectivity index (χ0n) is 62.0. The zero-order chi connectivity index (χ0) is 70.5. The number of allylic oxidation sites excluding steroid dienone is 4. The number of carbonyl (C=O) groups is 4. The van der Waals surface area contributed by atoms with E-state index in [2.05, 4.69) is 58.9 Å². The minimum absolute atomic E-state index is 0.0852. The Morgan fingerprint density at radius 3 is 0.885 bits per heavy atom. The molecule has 566 valence electrons. The maximum absolute atomic E-state index is 13.1. The summed E-state index contributed by atoms with van der Waals surface area (Å²) in [6, 6.07) is 0. The average molecular weight is 1410 g/mol. The molecule has 0 aromatic carbocycles. The largest absolute Gasteiger partial charge is 0.472 e. The molecule has 6 atom stereocenters. The summed E-state index contributed by atoms with van der Waals surface area (Å²) in [5.41, 5.74) is 0. The molecule has 17 nitrogen and oxygen atoms in total. The molecule has 19 heteroatoms. The SMILES string of the molecule is CCCCCC/C=C\C=C/CCCCCCCC(=O)O[C@H](COC(=O)CCCCCCCCCCCCC(C)CC)COP(=O)(O)OC[C@@H](O)COP(=O)(O)OC[C@@H](COC(=O)CCCCCCCCCCCCCCC)OC(=O)CCCCCCCCCCCCCCCC. The number of phosphoric ester groups is 2. The van der Waals surface area contributed by atoms with E-state index in [0.717, 1.165) is 109 Å². The van der Waals surface area contributed by atoms with Crippen LogP contribution in [0.15, 0.2) is 24.3 Å². The Morgan fingerprint density at radius 2 is 0.583 bits per heavy atom. The first-order chi connectivity index (χ1) is 46.6. The van der Waals surface area contributed by atoms with Crippen molar-refractivity contribution in [2.45, 2.75) is 400 Å². The number of aliphatic hydroxyl groups is 1. The highest BCUT2D eigenvalue weighted by atomic mass is 31.2. The normalized spacial score (nSPS) is 14.4. The van der Waals surface area contributed by atoms with Crippen LogP contribution in [0.2, 0.25) is 0 Å². The molecule has 0 saturated carbocycles. The lowest BCUT2D eigenvalue weighted by Crippen LogP contribution is -2.30. The van der Waals surface area contributed by atoms with Gasteiger partial charge in [0.15, 0.2) is 12.2 Å². The van der Waals surface area contributed by atoms with Crippen molar-refractivity contribution in [3.05, 3.63) is 24.3 Å². The molecule has 0 fully saturated rings. The smallest absolute Gasteiger partial charge is 0.462 e. The third kappa shape index (κ3) is 68.7. The van der Waals surface area contributed by atoms with E-state index in [9.17, 15) is 43.2 Å². The molecule has 0 radical (unpaired) electrons. The summed E-state index contributed by atoms with van der Waals surface area (Å²) < 4.78 is 68.6. The van der Waals surface area contributed by atoms with Crippen molar-refractivity contribution in [3.63, 3.8) is 0 Å². The fourth-order valence-corrected chi connectivity index (χ4v) is 12.9. The molecule has 0 aliphatic heterocycles. The maximum atomic E-state index is 13.1. The minimum atomic E-state index is -4.97. The maximum Gasteiger partial charge on any atom is 0.472 e. The molecule has 0 spiro atoms.